The summed E-state index contributed by atoms with van der Waals surface area (Å²) >= 11 is 0. The first kappa shape index (κ1) is 17.5. The zero-order valence-electron chi connectivity index (χ0n) is 16.2. The summed E-state index contributed by atoms with van der Waals surface area (Å²) in [6.07, 6.45) is 4.72. The monoisotopic (exact) mass is 368 g/mol. The number of carbonyl (C=O) groups is 1. The van der Waals surface area contributed by atoms with Crippen molar-refractivity contribution in [2.75, 3.05) is 45.8 Å². The molecule has 5 aliphatic heterocycles. The highest BCUT2D eigenvalue weighted by atomic mass is 16.2. The molecule has 4 bridgehead atoms. The molecule has 146 valence electrons. The number of benzene rings is 1. The standard InChI is InChI=1S/C22H32N4O/c27-22(26-14-19-10-18-11-21(26)16-25(12-18)13-19)23-20-7-9-24(15-20)8-6-17-4-2-1-3-5-17/h1-5,18-21H,6-16H2,(H,23,27)/t18?,19?,20?,21-/m0/s1. The quantitative estimate of drug-likeness (QED) is 0.884. The molecule has 1 aromatic carbocycles. The molecule has 1 N–H and O–H groups in total. The molecular weight excluding hydrogens is 336 g/mol. The molecule has 5 aliphatic rings. The molecule has 0 radical (unpaired) electrons. The van der Waals surface area contributed by atoms with Crippen LogP contribution in [0.1, 0.15) is 24.8 Å². The van der Waals surface area contributed by atoms with E-state index in [4.69, 9.17) is 0 Å². The third-order valence-electron chi connectivity index (χ3n) is 7.09. The van der Waals surface area contributed by atoms with Gasteiger partial charge in [-0.3, -0.25) is 0 Å². The number of carbonyl (C=O) groups excluding carboxylic acids is 1. The number of nitrogens with zero attached hydrogens (tertiary/aromatic N) is 3. The molecule has 4 unspecified atom stereocenters. The molecule has 5 heterocycles. The Hall–Kier alpha value is -1.59. The van der Waals surface area contributed by atoms with Crippen molar-refractivity contribution in [3.63, 3.8) is 0 Å². The second kappa shape index (κ2) is 7.44. The fourth-order valence-corrected chi connectivity index (χ4v) is 5.88. The van der Waals surface area contributed by atoms with Crippen molar-refractivity contribution in [1.29, 1.82) is 0 Å². The molecule has 27 heavy (non-hydrogen) atoms. The molecule has 5 nitrogen and oxygen atoms in total. The highest BCUT2D eigenvalue weighted by Gasteiger charge is 2.43. The number of piperidine rings is 2. The van der Waals surface area contributed by atoms with E-state index in [0.717, 1.165) is 51.5 Å². The van der Waals surface area contributed by atoms with Gasteiger partial charge in [0.05, 0.1) is 0 Å². The lowest BCUT2D eigenvalue weighted by atomic mass is 9.84. The number of urea groups is 1. The minimum absolute atomic E-state index is 0.198. The van der Waals surface area contributed by atoms with E-state index in [-0.39, 0.29) is 6.03 Å². The predicted molar refractivity (Wildman–Crippen MR) is 107 cm³/mol. The van der Waals surface area contributed by atoms with Crippen LogP contribution in [0.2, 0.25) is 0 Å². The van der Waals surface area contributed by atoms with Crippen LogP contribution in [0, 0.1) is 11.8 Å². The molecule has 0 spiro atoms. The molecular formula is C22H32N4O. The van der Waals surface area contributed by atoms with Crippen LogP contribution >= 0.6 is 0 Å². The topological polar surface area (TPSA) is 38.8 Å². The predicted octanol–water partition coefficient (Wildman–Crippen LogP) is 2.04. The first-order valence-corrected chi connectivity index (χ1v) is 10.8. The third-order valence-corrected chi connectivity index (χ3v) is 7.09. The second-order valence-corrected chi connectivity index (χ2v) is 9.20. The fourth-order valence-electron chi connectivity index (χ4n) is 5.88. The molecule has 0 saturated carbocycles. The third kappa shape index (κ3) is 3.85. The normalized spacial score (nSPS) is 35.4. The van der Waals surface area contributed by atoms with Crippen molar-refractivity contribution in [2.45, 2.75) is 37.8 Å². The first-order valence-electron chi connectivity index (χ1n) is 10.8. The second-order valence-electron chi connectivity index (χ2n) is 9.20. The van der Waals surface area contributed by atoms with E-state index < -0.39 is 0 Å². The van der Waals surface area contributed by atoms with Crippen molar-refractivity contribution >= 4 is 6.03 Å². The zero-order chi connectivity index (χ0) is 18.2. The summed E-state index contributed by atoms with van der Waals surface area (Å²) in [7, 11) is 0. The summed E-state index contributed by atoms with van der Waals surface area (Å²) < 4.78 is 0. The molecule has 0 aromatic heterocycles. The van der Waals surface area contributed by atoms with Crippen molar-refractivity contribution in [1.82, 2.24) is 20.0 Å². The minimum Gasteiger partial charge on any atom is -0.334 e. The Balaban J connectivity index is 1.13. The van der Waals surface area contributed by atoms with Gasteiger partial charge in [-0.15, -0.1) is 0 Å². The van der Waals surface area contributed by atoms with E-state index >= 15 is 0 Å². The first-order chi connectivity index (χ1) is 13.2. The number of rotatable bonds is 4. The van der Waals surface area contributed by atoms with Gasteiger partial charge in [-0.25, -0.2) is 4.79 Å². The van der Waals surface area contributed by atoms with Gasteiger partial charge in [0.1, 0.15) is 0 Å². The Morgan fingerprint density at radius 2 is 1.85 bits per heavy atom. The van der Waals surface area contributed by atoms with E-state index in [0.29, 0.717) is 18.0 Å². The SMILES string of the molecule is O=C(NC1CCN(CCc2ccccc2)C1)N1CC2CC3C[C@H]1CN(C3)C2. The van der Waals surface area contributed by atoms with Crippen LogP contribution in [-0.2, 0) is 6.42 Å². The van der Waals surface area contributed by atoms with Crippen LogP contribution in [-0.4, -0.2) is 78.6 Å². The van der Waals surface area contributed by atoms with E-state index in [1.54, 1.807) is 0 Å². The molecule has 5 heteroatoms. The summed E-state index contributed by atoms with van der Waals surface area (Å²) in [6, 6.07) is 11.6. The van der Waals surface area contributed by atoms with Gasteiger partial charge in [-0.2, -0.15) is 0 Å². The fraction of sp³-hybridized carbons (Fsp3) is 0.682. The number of nitrogens with one attached hydrogen (secondary N) is 1. The average Bonchev–Trinajstić information content (AvgIpc) is 3.02. The highest BCUT2D eigenvalue weighted by molar-refractivity contribution is 5.75. The van der Waals surface area contributed by atoms with Crippen LogP contribution in [0.25, 0.3) is 0 Å². The molecule has 6 rings (SSSR count). The summed E-state index contributed by atoms with van der Waals surface area (Å²) in [5.74, 6) is 1.51. The van der Waals surface area contributed by atoms with Crippen molar-refractivity contribution in [3.05, 3.63) is 35.9 Å². The molecule has 5 fully saturated rings. The summed E-state index contributed by atoms with van der Waals surface area (Å²) in [5.41, 5.74) is 1.40. The van der Waals surface area contributed by atoms with Gasteiger partial charge in [-0.05, 0) is 43.1 Å². The van der Waals surface area contributed by atoms with Gasteiger partial charge >= 0.3 is 6.03 Å². The van der Waals surface area contributed by atoms with Crippen molar-refractivity contribution in [2.24, 2.45) is 11.8 Å². The van der Waals surface area contributed by atoms with Gasteiger partial charge in [-0.1, -0.05) is 30.3 Å². The van der Waals surface area contributed by atoms with Crippen molar-refractivity contribution in [3.8, 4) is 0 Å². The Morgan fingerprint density at radius 1 is 1.00 bits per heavy atom. The average molecular weight is 369 g/mol. The molecule has 1 aromatic rings. The molecule has 5 atom stereocenters. The Morgan fingerprint density at radius 3 is 2.70 bits per heavy atom. The van der Waals surface area contributed by atoms with E-state index in [1.165, 1.54) is 31.5 Å². The maximum Gasteiger partial charge on any atom is 0.317 e. The Kier molecular flexibility index (Phi) is 4.82. The number of amides is 2. The number of likely N-dealkylation sites (tertiary alicyclic amines) is 1. The zero-order valence-corrected chi connectivity index (χ0v) is 16.2. The van der Waals surface area contributed by atoms with E-state index in [2.05, 4.69) is 50.3 Å². The van der Waals surface area contributed by atoms with Gasteiger partial charge < -0.3 is 20.0 Å². The minimum atomic E-state index is 0.198. The van der Waals surface area contributed by atoms with Gasteiger partial charge in [0.15, 0.2) is 0 Å². The lowest BCUT2D eigenvalue weighted by Gasteiger charge is -2.41. The maximum absolute atomic E-state index is 13.0. The Bertz CT molecular complexity index is 652. The van der Waals surface area contributed by atoms with E-state index in [9.17, 15) is 4.79 Å². The molecule has 2 amide bonds. The largest absolute Gasteiger partial charge is 0.334 e. The lowest BCUT2D eigenvalue weighted by Crippen LogP contribution is -2.54. The maximum atomic E-state index is 13.0. The summed E-state index contributed by atoms with van der Waals surface area (Å²) in [4.78, 5) is 20.3. The van der Waals surface area contributed by atoms with Gasteiger partial charge in [0.2, 0.25) is 0 Å². The van der Waals surface area contributed by atoms with Crippen LogP contribution in [0.3, 0.4) is 0 Å². The van der Waals surface area contributed by atoms with E-state index in [1.807, 2.05) is 0 Å². The van der Waals surface area contributed by atoms with Crippen LogP contribution in [0.4, 0.5) is 4.79 Å². The van der Waals surface area contributed by atoms with Crippen molar-refractivity contribution < 1.29 is 4.79 Å². The summed E-state index contributed by atoms with van der Waals surface area (Å²) in [6.45, 7) is 7.70. The number of hydrogen-bond acceptors (Lipinski definition) is 3. The molecule has 5 saturated heterocycles. The van der Waals surface area contributed by atoms with Gasteiger partial charge in [0, 0.05) is 57.9 Å². The smallest absolute Gasteiger partial charge is 0.317 e. The summed E-state index contributed by atoms with van der Waals surface area (Å²) in [5, 5.41) is 3.37. The highest BCUT2D eigenvalue weighted by Crippen LogP contribution is 2.36. The van der Waals surface area contributed by atoms with Crippen LogP contribution < -0.4 is 5.32 Å². The lowest BCUT2D eigenvalue weighted by molar-refractivity contribution is 0.0844. The van der Waals surface area contributed by atoms with Crippen LogP contribution in [0.15, 0.2) is 30.3 Å². The molecule has 0 aliphatic carbocycles. The number of fused-ring (bicyclic) bond motifs is 1. The van der Waals surface area contributed by atoms with Gasteiger partial charge in [0.25, 0.3) is 0 Å². The Labute approximate surface area is 162 Å². The number of hydrogen-bond donors (Lipinski definition) is 1. The van der Waals surface area contributed by atoms with Crippen LogP contribution in [0.5, 0.6) is 0 Å².